The van der Waals surface area contributed by atoms with Gasteiger partial charge in [-0.15, -0.1) is 0 Å². The molecule has 0 radical (unpaired) electrons. The Kier molecular flexibility index (Phi) is 59.6. The molecular weight excluding hydrogens is 837 g/mol. The summed E-state index contributed by atoms with van der Waals surface area (Å²) >= 11 is 22.6. The van der Waals surface area contributed by atoms with Gasteiger partial charge in [-0.3, -0.25) is 0 Å². The van der Waals surface area contributed by atoms with Gasteiger partial charge >= 0.3 is 27.8 Å². The summed E-state index contributed by atoms with van der Waals surface area (Å²) in [6.07, 6.45) is 49.5. The molecule has 0 unspecified atom stereocenters. The number of rotatable bonds is 40. The average molecular weight is 930 g/mol. The van der Waals surface area contributed by atoms with Gasteiger partial charge in [0.05, 0.1) is 0 Å². The first-order valence-electron chi connectivity index (χ1n) is 23.5. The van der Waals surface area contributed by atoms with Crippen molar-refractivity contribution < 1.29 is 18.0 Å². The third kappa shape index (κ3) is 51.1. The fourth-order valence-electron chi connectivity index (χ4n) is 7.04. The van der Waals surface area contributed by atoms with Gasteiger partial charge in [0.1, 0.15) is 0 Å². The molecule has 0 N–H and O–H groups in total. The first-order valence-corrected chi connectivity index (χ1v) is 27.9. The molecule has 0 aliphatic carbocycles. The van der Waals surface area contributed by atoms with Crippen LogP contribution in [0.25, 0.3) is 0 Å². The van der Waals surface area contributed by atoms with E-state index < -0.39 is 0 Å². The summed E-state index contributed by atoms with van der Waals surface area (Å²) < 4.78 is 1.37. The van der Waals surface area contributed by atoms with Crippen LogP contribution in [0.15, 0.2) is 0 Å². The third-order valence-electron chi connectivity index (χ3n) is 10.6. The Morgan fingerprint density at radius 1 is 0.296 bits per heavy atom. The Morgan fingerprint density at radius 3 is 0.556 bits per heavy atom. The van der Waals surface area contributed by atoms with E-state index in [1.54, 1.807) is 0 Å². The summed E-state index contributed by atoms with van der Waals surface area (Å²) in [6.45, 7) is 13.4. The summed E-state index contributed by atoms with van der Waals surface area (Å²) in [5.41, 5.74) is 0. The van der Waals surface area contributed by atoms with Crippen molar-refractivity contribution in [2.75, 3.05) is 26.2 Å². The van der Waals surface area contributed by atoms with Crippen LogP contribution in [0.3, 0.4) is 0 Å². The Hall–Kier alpha value is 1.13. The molecule has 8 heteroatoms. The SMILES string of the molecule is CCCCCCCCCCCN(CCCCCCCCCCC)C(=S)[S-].CCCCCCCCCCCN(CCCCCCCCCCC)C(=S)[S-].[S]=[Mo+2]. The zero-order valence-corrected chi connectivity index (χ0v) is 42.7. The van der Waals surface area contributed by atoms with Crippen LogP contribution in [0.4, 0.5) is 0 Å². The first-order chi connectivity index (χ1) is 26.4. The predicted octanol–water partition coefficient (Wildman–Crippen LogP) is 17.0. The van der Waals surface area contributed by atoms with Crippen LogP contribution >= 0.6 is 34.3 Å². The molecule has 0 amide bonds. The Balaban J connectivity index is -0.000000921. The molecule has 0 rings (SSSR count). The van der Waals surface area contributed by atoms with Crippen molar-refractivity contribution >= 4 is 68.2 Å². The van der Waals surface area contributed by atoms with Gasteiger partial charge in [0.25, 0.3) is 0 Å². The molecule has 322 valence electrons. The summed E-state index contributed by atoms with van der Waals surface area (Å²) in [5.74, 6) is 0. The van der Waals surface area contributed by atoms with Crippen LogP contribution in [-0.2, 0) is 43.3 Å². The second-order valence-electron chi connectivity index (χ2n) is 15.8. The summed E-state index contributed by atoms with van der Waals surface area (Å²) in [6, 6.07) is 0. The van der Waals surface area contributed by atoms with Gasteiger partial charge in [0, 0.05) is 26.2 Å². The van der Waals surface area contributed by atoms with Crippen molar-refractivity contribution in [3.05, 3.63) is 0 Å². The van der Waals surface area contributed by atoms with Gasteiger partial charge in [-0.1, -0.05) is 242 Å². The van der Waals surface area contributed by atoms with Gasteiger partial charge in [0.2, 0.25) is 0 Å². The van der Waals surface area contributed by atoms with Gasteiger partial charge in [0.15, 0.2) is 0 Å². The number of hydrogen-bond acceptors (Lipinski definition) is 5. The number of hydrogen-bond donors (Lipinski definition) is 0. The van der Waals surface area contributed by atoms with Crippen molar-refractivity contribution in [1.82, 2.24) is 9.80 Å². The van der Waals surface area contributed by atoms with Crippen LogP contribution in [0, 0.1) is 0 Å². The second-order valence-corrected chi connectivity index (χ2v) is 17.9. The van der Waals surface area contributed by atoms with Crippen LogP contribution in [-0.4, -0.2) is 44.6 Å². The van der Waals surface area contributed by atoms with Crippen molar-refractivity contribution in [2.24, 2.45) is 0 Å². The molecule has 0 aromatic heterocycles. The fraction of sp³-hybridized carbons (Fsp3) is 0.957. The van der Waals surface area contributed by atoms with Crippen LogP contribution in [0.1, 0.15) is 259 Å². The minimum atomic E-state index is 0.684. The normalized spacial score (nSPS) is 10.6. The zero-order chi connectivity index (χ0) is 40.6. The van der Waals surface area contributed by atoms with Gasteiger partial charge in [-0.25, -0.2) is 0 Å². The van der Waals surface area contributed by atoms with Gasteiger partial charge in [-0.2, -0.15) is 0 Å². The van der Waals surface area contributed by atoms with E-state index in [0.717, 1.165) is 26.2 Å². The standard InChI is InChI=1S/2C23H47NS2.Mo.S/c2*1-3-5-7-9-11-13-15-17-19-21-24(23(25)26)22-20-18-16-14-12-10-8-6-4-2;;/h2*3-22H2,1-2H3,(H,25,26);;/q;;+2;/p-2. The molecule has 2 nitrogen and oxygen atoms in total. The third-order valence-corrected chi connectivity index (χ3v) is 11.7. The molecule has 0 heterocycles. The van der Waals surface area contributed by atoms with E-state index in [1.807, 2.05) is 0 Å². The second kappa shape index (κ2) is 54.1. The molecule has 0 atom stereocenters. The molecule has 0 saturated carbocycles. The Bertz CT molecular complexity index is 627. The van der Waals surface area contributed by atoms with E-state index in [4.69, 9.17) is 49.7 Å². The van der Waals surface area contributed by atoms with Gasteiger partial charge in [-0.05, 0) is 25.7 Å². The summed E-state index contributed by atoms with van der Waals surface area (Å²) in [7, 11) is 4.09. The fourth-order valence-corrected chi connectivity index (χ4v) is 7.77. The van der Waals surface area contributed by atoms with Crippen molar-refractivity contribution in [2.45, 2.75) is 259 Å². The van der Waals surface area contributed by atoms with Crippen LogP contribution < -0.4 is 0 Å². The first kappa shape index (κ1) is 59.4. The molecule has 54 heavy (non-hydrogen) atoms. The molecule has 0 fully saturated rings. The zero-order valence-electron chi connectivity index (χ0n) is 36.6. The topological polar surface area (TPSA) is 6.48 Å². The maximum atomic E-state index is 5.28. The molecule has 0 saturated heterocycles. The van der Waals surface area contributed by atoms with E-state index in [2.05, 4.69) is 47.3 Å². The monoisotopic (exact) mass is 930 g/mol. The molecule has 0 aromatic rings. The Labute approximate surface area is 378 Å². The van der Waals surface area contributed by atoms with Gasteiger partial charge < -0.3 is 59.5 Å². The van der Waals surface area contributed by atoms with E-state index in [0.29, 0.717) is 8.64 Å². The molecular formula is C46H92MoN2S5. The van der Waals surface area contributed by atoms with Crippen LogP contribution in [0.5, 0.6) is 0 Å². The van der Waals surface area contributed by atoms with Crippen molar-refractivity contribution in [1.29, 1.82) is 0 Å². The summed E-state index contributed by atoms with van der Waals surface area (Å²) in [4.78, 5) is 4.54. The quantitative estimate of drug-likeness (QED) is 0.0258. The molecule has 0 aliphatic heterocycles. The molecule has 0 spiro atoms. The van der Waals surface area contributed by atoms with Crippen molar-refractivity contribution in [3.63, 3.8) is 0 Å². The average Bonchev–Trinajstić information content (AvgIpc) is 3.17. The van der Waals surface area contributed by atoms with Crippen molar-refractivity contribution in [3.8, 4) is 0 Å². The maximum absolute atomic E-state index is 5.28. The van der Waals surface area contributed by atoms with Crippen LogP contribution in [0.2, 0.25) is 0 Å². The molecule has 0 aliphatic rings. The number of thiocarbonyl (C=S) groups is 2. The van der Waals surface area contributed by atoms with E-state index in [9.17, 15) is 0 Å². The number of unbranched alkanes of at least 4 members (excludes halogenated alkanes) is 32. The van der Waals surface area contributed by atoms with E-state index in [1.165, 1.54) is 249 Å². The molecule has 0 aromatic carbocycles. The summed E-state index contributed by atoms with van der Waals surface area (Å²) in [5, 5.41) is 0. The van der Waals surface area contributed by atoms with E-state index in [-0.39, 0.29) is 0 Å². The predicted molar refractivity (Wildman–Crippen MR) is 260 cm³/mol. The Morgan fingerprint density at radius 2 is 0.426 bits per heavy atom. The number of nitrogens with zero attached hydrogens (tertiary/aromatic N) is 2. The molecule has 0 bridgehead atoms. The van der Waals surface area contributed by atoms with E-state index >= 15 is 0 Å². The minimum absolute atomic E-state index is 0.684.